The van der Waals surface area contributed by atoms with E-state index in [1.165, 1.54) is 23.1 Å². The number of thiophene rings is 1. The number of nitrogens with one attached hydrogen (secondary N) is 1. The third-order valence-electron chi connectivity index (χ3n) is 2.28. The van der Waals surface area contributed by atoms with Gasteiger partial charge in [0.1, 0.15) is 0 Å². The van der Waals surface area contributed by atoms with Crippen LogP contribution in [-0.4, -0.2) is 26.9 Å². The molecular formula is C13H17N3O2S2. The van der Waals surface area contributed by atoms with Gasteiger partial charge in [0, 0.05) is 5.54 Å². The van der Waals surface area contributed by atoms with Crippen LogP contribution in [0.4, 0.5) is 0 Å². The molecule has 0 aliphatic rings. The lowest BCUT2D eigenvalue weighted by Crippen LogP contribution is -2.44. The molecule has 0 fully saturated rings. The molecule has 20 heavy (non-hydrogen) atoms. The summed E-state index contributed by atoms with van der Waals surface area (Å²) in [4.78, 5) is 12.9. The Hall–Kier alpha value is -1.34. The second kappa shape index (κ2) is 5.97. The fourth-order valence-corrected chi connectivity index (χ4v) is 2.76. The van der Waals surface area contributed by atoms with Gasteiger partial charge in [-0.2, -0.15) is 0 Å². The second-order valence-electron chi connectivity index (χ2n) is 5.35. The molecule has 2 rings (SSSR count). The maximum atomic E-state index is 12.0. The second-order valence-corrected chi connectivity index (χ2v) is 7.59. The Bertz CT molecular complexity index is 573. The van der Waals surface area contributed by atoms with E-state index in [2.05, 4.69) is 15.5 Å². The molecule has 0 saturated heterocycles. The van der Waals surface area contributed by atoms with Crippen LogP contribution < -0.4 is 5.32 Å². The van der Waals surface area contributed by atoms with Gasteiger partial charge in [-0.05, 0) is 39.1 Å². The van der Waals surface area contributed by atoms with Gasteiger partial charge in [0.15, 0.2) is 0 Å². The normalized spacial score (nSPS) is 13.2. The maximum Gasteiger partial charge on any atom is 0.277 e. The van der Waals surface area contributed by atoms with Crippen molar-refractivity contribution in [3.8, 4) is 10.8 Å². The standard InChI is InChI=1S/C13H17N3O2S2/c1-8(10(17)14-13(2,3)4)20-12-16-15-11(18-12)9-6-5-7-19-9/h5-8H,1-4H3,(H,14,17)/t8-/m1/s1. The van der Waals surface area contributed by atoms with E-state index in [0.717, 1.165) is 4.88 Å². The van der Waals surface area contributed by atoms with E-state index in [-0.39, 0.29) is 16.7 Å². The molecule has 108 valence electrons. The van der Waals surface area contributed by atoms with Crippen LogP contribution in [0.1, 0.15) is 27.7 Å². The van der Waals surface area contributed by atoms with Gasteiger partial charge >= 0.3 is 0 Å². The van der Waals surface area contributed by atoms with Gasteiger partial charge in [-0.25, -0.2) is 0 Å². The Morgan fingerprint density at radius 3 is 2.80 bits per heavy atom. The lowest BCUT2D eigenvalue weighted by Gasteiger charge is -2.22. The Labute approximate surface area is 126 Å². The van der Waals surface area contributed by atoms with E-state index in [9.17, 15) is 4.79 Å². The molecule has 0 aromatic carbocycles. The average Bonchev–Trinajstić information content (AvgIpc) is 2.95. The highest BCUT2D eigenvalue weighted by molar-refractivity contribution is 8.00. The zero-order valence-corrected chi connectivity index (χ0v) is 13.5. The molecule has 1 amide bonds. The summed E-state index contributed by atoms with van der Waals surface area (Å²) in [6.45, 7) is 7.67. The highest BCUT2D eigenvalue weighted by atomic mass is 32.2. The van der Waals surface area contributed by atoms with Crippen molar-refractivity contribution in [3.63, 3.8) is 0 Å². The van der Waals surface area contributed by atoms with Crippen LogP contribution in [-0.2, 0) is 4.79 Å². The van der Waals surface area contributed by atoms with Crippen molar-refractivity contribution >= 4 is 29.0 Å². The number of hydrogen-bond acceptors (Lipinski definition) is 6. The highest BCUT2D eigenvalue weighted by Gasteiger charge is 2.22. The fraction of sp³-hybridized carbons (Fsp3) is 0.462. The molecule has 2 aromatic rings. The number of nitrogens with zero attached hydrogens (tertiary/aromatic N) is 2. The van der Waals surface area contributed by atoms with Crippen LogP contribution in [0.5, 0.6) is 0 Å². The van der Waals surface area contributed by atoms with Crippen molar-refractivity contribution in [3.05, 3.63) is 17.5 Å². The van der Waals surface area contributed by atoms with Crippen molar-refractivity contribution in [2.75, 3.05) is 0 Å². The van der Waals surface area contributed by atoms with Gasteiger partial charge in [0.2, 0.25) is 5.91 Å². The molecular weight excluding hydrogens is 294 g/mol. The summed E-state index contributed by atoms with van der Waals surface area (Å²) in [7, 11) is 0. The van der Waals surface area contributed by atoms with Crippen molar-refractivity contribution in [2.24, 2.45) is 0 Å². The predicted molar refractivity (Wildman–Crippen MR) is 80.8 cm³/mol. The number of carbonyl (C=O) groups is 1. The van der Waals surface area contributed by atoms with E-state index in [4.69, 9.17) is 4.42 Å². The first-order valence-corrected chi connectivity index (χ1v) is 7.97. The number of thioether (sulfide) groups is 1. The quantitative estimate of drug-likeness (QED) is 0.878. The summed E-state index contributed by atoms with van der Waals surface area (Å²) in [5.74, 6) is 0.448. The number of carbonyl (C=O) groups excluding carboxylic acids is 1. The molecule has 0 unspecified atom stereocenters. The molecule has 1 N–H and O–H groups in total. The molecule has 0 aliphatic heterocycles. The Morgan fingerprint density at radius 1 is 1.45 bits per heavy atom. The van der Waals surface area contributed by atoms with Gasteiger partial charge in [0.05, 0.1) is 10.1 Å². The lowest BCUT2D eigenvalue weighted by molar-refractivity contribution is -0.121. The van der Waals surface area contributed by atoms with Crippen molar-refractivity contribution in [1.82, 2.24) is 15.5 Å². The van der Waals surface area contributed by atoms with Crippen LogP contribution in [0.3, 0.4) is 0 Å². The van der Waals surface area contributed by atoms with Gasteiger partial charge < -0.3 is 9.73 Å². The molecule has 2 aromatic heterocycles. The van der Waals surface area contributed by atoms with Crippen LogP contribution >= 0.6 is 23.1 Å². The summed E-state index contributed by atoms with van der Waals surface area (Å²) < 4.78 is 5.55. The topological polar surface area (TPSA) is 68.0 Å². The van der Waals surface area contributed by atoms with Crippen LogP contribution in [0.2, 0.25) is 0 Å². The van der Waals surface area contributed by atoms with Crippen molar-refractivity contribution < 1.29 is 9.21 Å². The molecule has 0 aliphatic carbocycles. The molecule has 5 nitrogen and oxygen atoms in total. The summed E-state index contributed by atoms with van der Waals surface area (Å²) in [5, 5.41) is 12.9. The number of aromatic nitrogens is 2. The minimum absolute atomic E-state index is 0.0432. The zero-order valence-electron chi connectivity index (χ0n) is 11.8. The third-order valence-corrected chi connectivity index (χ3v) is 4.08. The average molecular weight is 311 g/mol. The summed E-state index contributed by atoms with van der Waals surface area (Å²) >= 11 is 2.80. The molecule has 7 heteroatoms. The first kappa shape index (κ1) is 15.1. The summed E-state index contributed by atoms with van der Waals surface area (Å²) in [6.07, 6.45) is 0. The predicted octanol–water partition coefficient (Wildman–Crippen LogP) is 3.19. The third kappa shape index (κ3) is 4.08. The monoisotopic (exact) mass is 311 g/mol. The molecule has 0 radical (unpaired) electrons. The molecule has 1 atom stereocenters. The lowest BCUT2D eigenvalue weighted by atomic mass is 10.1. The summed E-state index contributed by atoms with van der Waals surface area (Å²) in [6, 6.07) is 3.85. The van der Waals surface area contributed by atoms with E-state index >= 15 is 0 Å². The smallest absolute Gasteiger partial charge is 0.277 e. The number of rotatable bonds is 4. The summed E-state index contributed by atoms with van der Waals surface area (Å²) in [5.41, 5.74) is -0.247. The maximum absolute atomic E-state index is 12.0. The van der Waals surface area contributed by atoms with Gasteiger partial charge in [-0.15, -0.1) is 21.5 Å². The fourth-order valence-electron chi connectivity index (χ4n) is 1.43. The Kier molecular flexibility index (Phi) is 4.49. The number of hydrogen-bond donors (Lipinski definition) is 1. The molecule has 0 bridgehead atoms. The molecule has 2 heterocycles. The first-order chi connectivity index (χ1) is 9.35. The van der Waals surface area contributed by atoms with Crippen molar-refractivity contribution in [2.45, 2.75) is 43.7 Å². The highest BCUT2D eigenvalue weighted by Crippen LogP contribution is 2.28. The Balaban J connectivity index is 1.98. The zero-order chi connectivity index (χ0) is 14.8. The Morgan fingerprint density at radius 2 is 2.20 bits per heavy atom. The van der Waals surface area contributed by atoms with Crippen LogP contribution in [0, 0.1) is 0 Å². The van der Waals surface area contributed by atoms with E-state index in [0.29, 0.717) is 11.1 Å². The van der Waals surface area contributed by atoms with Crippen molar-refractivity contribution in [1.29, 1.82) is 0 Å². The molecule has 0 spiro atoms. The van der Waals surface area contributed by atoms with Gasteiger partial charge in [0.25, 0.3) is 11.1 Å². The SMILES string of the molecule is C[C@@H](Sc1nnc(-c2cccs2)o1)C(=O)NC(C)(C)C. The van der Waals surface area contributed by atoms with Gasteiger partial charge in [-0.3, -0.25) is 4.79 Å². The molecule has 0 saturated carbocycles. The van der Waals surface area contributed by atoms with Crippen LogP contribution in [0.25, 0.3) is 10.8 Å². The van der Waals surface area contributed by atoms with E-state index in [1.54, 1.807) is 0 Å². The minimum Gasteiger partial charge on any atom is -0.410 e. The van der Waals surface area contributed by atoms with Crippen LogP contribution in [0.15, 0.2) is 27.2 Å². The van der Waals surface area contributed by atoms with E-state index < -0.39 is 0 Å². The van der Waals surface area contributed by atoms with E-state index in [1.807, 2.05) is 45.2 Å². The minimum atomic E-state index is -0.286. The largest absolute Gasteiger partial charge is 0.410 e. The first-order valence-electron chi connectivity index (χ1n) is 6.21. The number of amides is 1. The van der Waals surface area contributed by atoms with Gasteiger partial charge in [-0.1, -0.05) is 17.8 Å².